The molecule has 0 unspecified atom stereocenters. The minimum atomic E-state index is -1.03. The Hall–Kier alpha value is -1.90. The van der Waals surface area contributed by atoms with E-state index < -0.39 is 5.41 Å². The van der Waals surface area contributed by atoms with E-state index in [1.807, 2.05) is 51.1 Å². The van der Waals surface area contributed by atoms with E-state index in [1.54, 1.807) is 0 Å². The Morgan fingerprint density at radius 3 is 2.65 bits per heavy atom. The van der Waals surface area contributed by atoms with Gasteiger partial charge in [-0.1, -0.05) is 44.2 Å². The third-order valence-corrected chi connectivity index (χ3v) is 5.04. The van der Waals surface area contributed by atoms with E-state index in [4.69, 9.17) is 4.74 Å². The number of Topliss-reactive ketones (excluding diaryl/α,β-unsaturated/α-hetero) is 2. The van der Waals surface area contributed by atoms with Crippen LogP contribution in [0.4, 0.5) is 0 Å². The first-order valence-corrected chi connectivity index (χ1v) is 8.45. The van der Waals surface area contributed by atoms with Crippen molar-refractivity contribution in [1.29, 1.82) is 0 Å². The van der Waals surface area contributed by atoms with Crippen molar-refractivity contribution in [2.75, 3.05) is 6.61 Å². The summed E-state index contributed by atoms with van der Waals surface area (Å²) in [6.45, 7) is 6.42. The van der Waals surface area contributed by atoms with Gasteiger partial charge in [0.1, 0.15) is 11.2 Å². The van der Waals surface area contributed by atoms with Crippen LogP contribution in [-0.4, -0.2) is 18.2 Å². The molecule has 122 valence electrons. The molecule has 0 N–H and O–H groups in total. The zero-order valence-corrected chi connectivity index (χ0v) is 14.1. The maximum absolute atomic E-state index is 13.1. The summed E-state index contributed by atoms with van der Waals surface area (Å²) in [6.07, 6.45) is 2.17. The predicted octanol–water partition coefficient (Wildman–Crippen LogP) is 4.04. The Morgan fingerprint density at radius 1 is 1.30 bits per heavy atom. The van der Waals surface area contributed by atoms with Crippen LogP contribution in [0.25, 0.3) is 0 Å². The molecule has 2 atom stereocenters. The summed E-state index contributed by atoms with van der Waals surface area (Å²) in [5.41, 5.74) is 1.03. The average Bonchev–Trinajstić information content (AvgIpc) is 2.77. The van der Waals surface area contributed by atoms with Gasteiger partial charge in [-0.3, -0.25) is 9.59 Å². The van der Waals surface area contributed by atoms with Crippen molar-refractivity contribution in [3.8, 4) is 0 Å². The molecule has 0 spiro atoms. The fourth-order valence-electron chi connectivity index (χ4n) is 3.90. The number of ketones is 2. The van der Waals surface area contributed by atoms with E-state index in [0.29, 0.717) is 18.8 Å². The lowest BCUT2D eigenvalue weighted by molar-refractivity contribution is -0.139. The Morgan fingerprint density at radius 2 is 2.00 bits per heavy atom. The molecule has 0 radical (unpaired) electrons. The molecule has 3 rings (SSSR count). The molecule has 1 aliphatic carbocycles. The third kappa shape index (κ3) is 2.52. The number of hydrogen-bond donors (Lipinski definition) is 0. The van der Waals surface area contributed by atoms with Crippen molar-refractivity contribution in [1.82, 2.24) is 0 Å². The van der Waals surface area contributed by atoms with E-state index in [0.717, 1.165) is 24.0 Å². The largest absolute Gasteiger partial charge is 0.490 e. The van der Waals surface area contributed by atoms with Crippen molar-refractivity contribution in [3.63, 3.8) is 0 Å². The maximum Gasteiger partial charge on any atom is 0.211 e. The minimum absolute atomic E-state index is 0.0318. The van der Waals surface area contributed by atoms with Gasteiger partial charge in [0, 0.05) is 12.3 Å². The lowest BCUT2D eigenvalue weighted by Crippen LogP contribution is -2.39. The van der Waals surface area contributed by atoms with Gasteiger partial charge in [0.05, 0.1) is 6.61 Å². The van der Waals surface area contributed by atoms with Crippen molar-refractivity contribution in [2.24, 2.45) is 11.3 Å². The fraction of sp³-hybridized carbons (Fsp3) is 0.500. The first-order valence-electron chi connectivity index (χ1n) is 8.45. The topological polar surface area (TPSA) is 43.4 Å². The highest BCUT2D eigenvalue weighted by atomic mass is 16.5. The SMILES string of the molecule is CC(C)CC(=O)[C@]1(C)C(=O)C2=C(CCCO2)[C@@H]1c1ccccc1. The van der Waals surface area contributed by atoms with Crippen LogP contribution in [0.2, 0.25) is 0 Å². The number of allylic oxidation sites excluding steroid dienone is 2. The van der Waals surface area contributed by atoms with Gasteiger partial charge in [0.25, 0.3) is 0 Å². The molecule has 0 aromatic heterocycles. The van der Waals surface area contributed by atoms with E-state index in [9.17, 15) is 9.59 Å². The van der Waals surface area contributed by atoms with E-state index >= 15 is 0 Å². The molecule has 1 aromatic carbocycles. The molecular formula is C20H24O3. The van der Waals surface area contributed by atoms with Crippen LogP contribution >= 0.6 is 0 Å². The number of carbonyl (C=O) groups excluding carboxylic acids is 2. The van der Waals surface area contributed by atoms with Gasteiger partial charge in [-0.2, -0.15) is 0 Å². The van der Waals surface area contributed by atoms with E-state index in [-0.39, 0.29) is 23.4 Å². The Kier molecular flexibility index (Phi) is 4.13. The number of hydrogen-bond acceptors (Lipinski definition) is 3. The highest BCUT2D eigenvalue weighted by Gasteiger charge is 2.57. The lowest BCUT2D eigenvalue weighted by Gasteiger charge is -2.31. The lowest BCUT2D eigenvalue weighted by atomic mass is 9.68. The zero-order chi connectivity index (χ0) is 16.6. The number of carbonyl (C=O) groups is 2. The molecule has 0 amide bonds. The van der Waals surface area contributed by atoms with E-state index in [1.165, 1.54) is 0 Å². The summed E-state index contributed by atoms with van der Waals surface area (Å²) >= 11 is 0. The van der Waals surface area contributed by atoms with Gasteiger partial charge in [-0.15, -0.1) is 0 Å². The first-order chi connectivity index (χ1) is 11.0. The van der Waals surface area contributed by atoms with Crippen molar-refractivity contribution >= 4 is 11.6 Å². The van der Waals surface area contributed by atoms with Gasteiger partial charge in [0.15, 0.2) is 5.76 Å². The number of ether oxygens (including phenoxy) is 1. The predicted molar refractivity (Wildman–Crippen MR) is 89.0 cm³/mol. The molecule has 1 aromatic rings. The molecule has 0 fully saturated rings. The number of rotatable bonds is 4. The maximum atomic E-state index is 13.1. The Bertz CT molecular complexity index is 657. The first kappa shape index (κ1) is 16.0. The molecule has 1 heterocycles. The molecule has 0 saturated carbocycles. The highest BCUT2D eigenvalue weighted by Crippen LogP contribution is 2.54. The summed E-state index contributed by atoms with van der Waals surface area (Å²) in [5.74, 6) is 0.431. The monoisotopic (exact) mass is 312 g/mol. The normalized spacial score (nSPS) is 27.1. The Balaban J connectivity index is 2.10. The molecule has 0 saturated heterocycles. The quantitative estimate of drug-likeness (QED) is 0.788. The molecule has 23 heavy (non-hydrogen) atoms. The summed E-state index contributed by atoms with van der Waals surface area (Å²) in [6, 6.07) is 9.93. The van der Waals surface area contributed by atoms with Crippen molar-refractivity contribution in [2.45, 2.75) is 46.0 Å². The summed E-state index contributed by atoms with van der Waals surface area (Å²) < 4.78 is 5.69. The van der Waals surface area contributed by atoms with Crippen LogP contribution in [0.1, 0.15) is 51.5 Å². The van der Waals surface area contributed by atoms with E-state index in [2.05, 4.69) is 0 Å². The second-order valence-corrected chi connectivity index (χ2v) is 7.20. The van der Waals surface area contributed by atoms with Crippen LogP contribution in [0.15, 0.2) is 41.7 Å². The second-order valence-electron chi connectivity index (χ2n) is 7.20. The molecule has 3 nitrogen and oxygen atoms in total. The Labute approximate surface area is 137 Å². The van der Waals surface area contributed by atoms with Crippen LogP contribution in [0, 0.1) is 11.3 Å². The van der Waals surface area contributed by atoms with Crippen molar-refractivity contribution < 1.29 is 14.3 Å². The molecule has 1 aliphatic heterocycles. The molecule has 2 aliphatic rings. The van der Waals surface area contributed by atoms with Gasteiger partial charge in [-0.05, 0) is 36.8 Å². The molecule has 3 heteroatoms. The van der Waals surface area contributed by atoms with Crippen molar-refractivity contribution in [3.05, 3.63) is 47.2 Å². The molecule has 0 bridgehead atoms. The minimum Gasteiger partial charge on any atom is -0.490 e. The van der Waals surface area contributed by atoms with Gasteiger partial charge in [0.2, 0.25) is 5.78 Å². The zero-order valence-electron chi connectivity index (χ0n) is 14.1. The van der Waals surface area contributed by atoms with Crippen LogP contribution in [0.5, 0.6) is 0 Å². The fourth-order valence-corrected chi connectivity index (χ4v) is 3.90. The summed E-state index contributed by atoms with van der Waals surface area (Å²) in [4.78, 5) is 26.1. The van der Waals surface area contributed by atoms with Gasteiger partial charge < -0.3 is 4.74 Å². The highest BCUT2D eigenvalue weighted by molar-refractivity contribution is 6.17. The number of benzene rings is 1. The van der Waals surface area contributed by atoms with Gasteiger partial charge >= 0.3 is 0 Å². The van der Waals surface area contributed by atoms with Crippen LogP contribution in [0.3, 0.4) is 0 Å². The third-order valence-electron chi connectivity index (χ3n) is 5.04. The summed E-state index contributed by atoms with van der Waals surface area (Å²) in [5, 5.41) is 0. The smallest absolute Gasteiger partial charge is 0.211 e. The summed E-state index contributed by atoms with van der Waals surface area (Å²) in [7, 11) is 0. The molecular weight excluding hydrogens is 288 g/mol. The van der Waals surface area contributed by atoms with Gasteiger partial charge in [-0.25, -0.2) is 0 Å². The van der Waals surface area contributed by atoms with Crippen LogP contribution < -0.4 is 0 Å². The standard InChI is InChI=1S/C20H24O3/c1-13(2)12-16(21)20(3)17(14-8-5-4-6-9-14)15-10-7-11-23-18(15)19(20)22/h4-6,8-9,13,17H,7,10-12H2,1-3H3/t17-,20-/m0/s1. The average molecular weight is 312 g/mol. The second kappa shape index (κ2) is 5.95. The van der Waals surface area contributed by atoms with Crippen LogP contribution in [-0.2, 0) is 14.3 Å².